The average Bonchev–Trinajstić information content (AvgIpc) is 2.38. The van der Waals surface area contributed by atoms with Crippen LogP contribution < -0.4 is 15.8 Å². The molecule has 0 atom stereocenters. The number of nitrogens with zero attached hydrogens (tertiary/aromatic N) is 1. The summed E-state index contributed by atoms with van der Waals surface area (Å²) in [6.45, 7) is 6.90. The van der Waals surface area contributed by atoms with E-state index >= 15 is 0 Å². The van der Waals surface area contributed by atoms with Crippen LogP contribution in [0.15, 0.2) is 35.3 Å². The normalized spacial score (nSPS) is 10.7. The van der Waals surface area contributed by atoms with E-state index in [2.05, 4.69) is 16.9 Å². The second kappa shape index (κ2) is 9.88. The molecule has 0 aliphatic heterocycles. The third-order valence-corrected chi connectivity index (χ3v) is 2.83. The van der Waals surface area contributed by atoms with Crippen molar-refractivity contribution < 1.29 is 4.74 Å². The standard InChI is InChI=1S/C14H20ClN3O.HI/c1-10(2)9-18-14(16)17-7-6-11-4-5-12(19-3)8-13(11)15;/h4-5,8H,1,6-7,9H2,2-3H3,(H3,16,17,18);1H. The Bertz CT molecular complexity index is 477. The third kappa shape index (κ3) is 7.00. The van der Waals surface area contributed by atoms with Crippen molar-refractivity contribution in [3.63, 3.8) is 0 Å². The molecule has 0 saturated heterocycles. The van der Waals surface area contributed by atoms with Gasteiger partial charge in [-0.25, -0.2) is 4.99 Å². The van der Waals surface area contributed by atoms with E-state index < -0.39 is 0 Å². The number of aliphatic imine (C=N–C) groups is 1. The van der Waals surface area contributed by atoms with Gasteiger partial charge in [0.1, 0.15) is 5.75 Å². The molecule has 4 nitrogen and oxygen atoms in total. The van der Waals surface area contributed by atoms with Crippen LogP contribution in [0.5, 0.6) is 5.75 Å². The number of nitrogens with one attached hydrogen (secondary N) is 1. The third-order valence-electron chi connectivity index (χ3n) is 2.48. The van der Waals surface area contributed by atoms with Gasteiger partial charge >= 0.3 is 0 Å². The number of halogens is 2. The van der Waals surface area contributed by atoms with Crippen LogP contribution in [0.2, 0.25) is 5.02 Å². The Morgan fingerprint density at radius 2 is 2.20 bits per heavy atom. The minimum Gasteiger partial charge on any atom is -0.497 e. The van der Waals surface area contributed by atoms with Crippen LogP contribution in [0.3, 0.4) is 0 Å². The lowest BCUT2D eigenvalue weighted by Gasteiger charge is -2.08. The van der Waals surface area contributed by atoms with Gasteiger partial charge in [-0.3, -0.25) is 0 Å². The Labute approximate surface area is 142 Å². The molecule has 0 fully saturated rings. The summed E-state index contributed by atoms with van der Waals surface area (Å²) in [4.78, 5) is 4.14. The number of hydrogen-bond acceptors (Lipinski definition) is 2. The molecule has 112 valence electrons. The lowest BCUT2D eigenvalue weighted by Crippen LogP contribution is -2.33. The van der Waals surface area contributed by atoms with E-state index in [0.717, 1.165) is 23.3 Å². The SMILES string of the molecule is C=C(C)CN=C(N)NCCc1ccc(OC)cc1Cl.I. The number of hydrogen-bond donors (Lipinski definition) is 2. The van der Waals surface area contributed by atoms with Crippen molar-refractivity contribution >= 4 is 41.5 Å². The van der Waals surface area contributed by atoms with Gasteiger partial charge in [0.15, 0.2) is 5.96 Å². The fourth-order valence-corrected chi connectivity index (χ4v) is 1.72. The number of nitrogens with two attached hydrogens (primary N) is 1. The van der Waals surface area contributed by atoms with Crippen LogP contribution in [-0.4, -0.2) is 26.2 Å². The predicted molar refractivity (Wildman–Crippen MR) is 96.4 cm³/mol. The Hall–Kier alpha value is -0.950. The van der Waals surface area contributed by atoms with E-state index in [1.165, 1.54) is 0 Å². The molecule has 0 aliphatic rings. The quantitative estimate of drug-likeness (QED) is 0.329. The Kier molecular flexibility index (Phi) is 9.41. The van der Waals surface area contributed by atoms with Gasteiger partial charge in [-0.1, -0.05) is 29.8 Å². The number of ether oxygens (including phenoxy) is 1. The lowest BCUT2D eigenvalue weighted by molar-refractivity contribution is 0.414. The van der Waals surface area contributed by atoms with Gasteiger partial charge in [0.2, 0.25) is 0 Å². The molecule has 0 aromatic heterocycles. The minimum atomic E-state index is 0. The maximum atomic E-state index is 6.15. The van der Waals surface area contributed by atoms with E-state index in [0.29, 0.717) is 24.1 Å². The van der Waals surface area contributed by atoms with E-state index in [1.807, 2.05) is 19.1 Å². The van der Waals surface area contributed by atoms with Crippen LogP contribution in [-0.2, 0) is 6.42 Å². The van der Waals surface area contributed by atoms with Crippen LogP contribution in [0.25, 0.3) is 0 Å². The van der Waals surface area contributed by atoms with Crippen LogP contribution in [0.1, 0.15) is 12.5 Å². The molecule has 0 amide bonds. The summed E-state index contributed by atoms with van der Waals surface area (Å²) in [6.07, 6.45) is 0.770. The molecule has 0 bridgehead atoms. The number of benzene rings is 1. The highest BCUT2D eigenvalue weighted by Crippen LogP contribution is 2.22. The van der Waals surface area contributed by atoms with Gasteiger partial charge in [-0.2, -0.15) is 0 Å². The monoisotopic (exact) mass is 409 g/mol. The molecule has 6 heteroatoms. The van der Waals surface area contributed by atoms with Crippen molar-refractivity contribution in [1.82, 2.24) is 5.32 Å². The maximum absolute atomic E-state index is 6.15. The first kappa shape index (κ1) is 19.1. The van der Waals surface area contributed by atoms with Crippen molar-refractivity contribution in [2.75, 3.05) is 20.2 Å². The summed E-state index contributed by atoms with van der Waals surface area (Å²) in [7, 11) is 1.62. The van der Waals surface area contributed by atoms with Gasteiger partial charge in [0, 0.05) is 11.6 Å². The summed E-state index contributed by atoms with van der Waals surface area (Å²) >= 11 is 6.15. The topological polar surface area (TPSA) is 59.6 Å². The van der Waals surface area contributed by atoms with E-state index in [-0.39, 0.29) is 24.0 Å². The first-order valence-electron chi connectivity index (χ1n) is 6.03. The fourth-order valence-electron chi connectivity index (χ4n) is 1.46. The molecule has 0 radical (unpaired) electrons. The van der Waals surface area contributed by atoms with Gasteiger partial charge in [-0.15, -0.1) is 24.0 Å². The van der Waals surface area contributed by atoms with Crippen molar-refractivity contribution in [1.29, 1.82) is 0 Å². The highest BCUT2D eigenvalue weighted by Gasteiger charge is 2.02. The van der Waals surface area contributed by atoms with Gasteiger partial charge in [0.25, 0.3) is 0 Å². The Balaban J connectivity index is 0.00000361. The van der Waals surface area contributed by atoms with Crippen molar-refractivity contribution in [3.8, 4) is 5.75 Å². The van der Waals surface area contributed by atoms with Gasteiger partial charge < -0.3 is 15.8 Å². The van der Waals surface area contributed by atoms with E-state index in [9.17, 15) is 0 Å². The highest BCUT2D eigenvalue weighted by molar-refractivity contribution is 14.0. The second-order valence-corrected chi connectivity index (χ2v) is 4.70. The molecule has 1 aromatic rings. The molecular formula is C14H21ClIN3O. The van der Waals surface area contributed by atoms with Crippen LogP contribution in [0, 0.1) is 0 Å². The molecule has 0 spiro atoms. The molecular weight excluding hydrogens is 389 g/mol. The van der Waals surface area contributed by atoms with Gasteiger partial charge in [0.05, 0.1) is 13.7 Å². The first-order valence-corrected chi connectivity index (χ1v) is 6.41. The summed E-state index contributed by atoms with van der Waals surface area (Å²) in [5.41, 5.74) is 7.73. The average molecular weight is 410 g/mol. The van der Waals surface area contributed by atoms with E-state index in [1.54, 1.807) is 13.2 Å². The number of methoxy groups -OCH3 is 1. The molecule has 3 N–H and O–H groups in total. The smallest absolute Gasteiger partial charge is 0.188 e. The second-order valence-electron chi connectivity index (χ2n) is 4.29. The zero-order valence-electron chi connectivity index (χ0n) is 11.8. The molecule has 0 saturated carbocycles. The Morgan fingerprint density at radius 1 is 1.50 bits per heavy atom. The van der Waals surface area contributed by atoms with Crippen LogP contribution >= 0.6 is 35.6 Å². The first-order chi connectivity index (χ1) is 9.02. The molecule has 20 heavy (non-hydrogen) atoms. The van der Waals surface area contributed by atoms with Gasteiger partial charge in [-0.05, 0) is 31.0 Å². The number of rotatable bonds is 6. The molecule has 1 rings (SSSR count). The fraction of sp³-hybridized carbons (Fsp3) is 0.357. The number of guanidine groups is 1. The molecule has 1 aromatic carbocycles. The van der Waals surface area contributed by atoms with Crippen molar-refractivity contribution in [3.05, 3.63) is 40.9 Å². The zero-order valence-corrected chi connectivity index (χ0v) is 14.9. The molecule has 0 aliphatic carbocycles. The zero-order chi connectivity index (χ0) is 14.3. The van der Waals surface area contributed by atoms with Crippen molar-refractivity contribution in [2.24, 2.45) is 10.7 Å². The minimum absolute atomic E-state index is 0. The summed E-state index contributed by atoms with van der Waals surface area (Å²) < 4.78 is 5.10. The predicted octanol–water partition coefficient (Wildman–Crippen LogP) is 2.99. The van der Waals surface area contributed by atoms with Crippen molar-refractivity contribution in [2.45, 2.75) is 13.3 Å². The molecule has 0 heterocycles. The van der Waals surface area contributed by atoms with Crippen LogP contribution in [0.4, 0.5) is 0 Å². The summed E-state index contributed by atoms with van der Waals surface area (Å²) in [6, 6.07) is 5.64. The highest BCUT2D eigenvalue weighted by atomic mass is 127. The lowest BCUT2D eigenvalue weighted by atomic mass is 10.1. The van der Waals surface area contributed by atoms with E-state index in [4.69, 9.17) is 22.1 Å². The summed E-state index contributed by atoms with van der Waals surface area (Å²) in [5.74, 6) is 1.18. The molecule has 0 unspecified atom stereocenters. The maximum Gasteiger partial charge on any atom is 0.188 e. The summed E-state index contributed by atoms with van der Waals surface area (Å²) in [5, 5.41) is 3.73. The Morgan fingerprint density at radius 3 is 2.75 bits per heavy atom. The largest absolute Gasteiger partial charge is 0.497 e.